The van der Waals surface area contributed by atoms with Crippen molar-refractivity contribution < 1.29 is 14.3 Å². The van der Waals surface area contributed by atoms with E-state index in [1.54, 1.807) is 6.07 Å². The van der Waals surface area contributed by atoms with Crippen molar-refractivity contribution >= 4 is 5.84 Å². The lowest BCUT2D eigenvalue weighted by Crippen LogP contribution is -2.27. The minimum atomic E-state index is -0.409. The summed E-state index contributed by atoms with van der Waals surface area (Å²) in [5, 5.41) is 11.6. The van der Waals surface area contributed by atoms with E-state index < -0.39 is 5.82 Å². The van der Waals surface area contributed by atoms with E-state index in [-0.39, 0.29) is 11.9 Å². The highest BCUT2D eigenvalue weighted by Crippen LogP contribution is 2.29. The van der Waals surface area contributed by atoms with E-state index in [2.05, 4.69) is 12.1 Å². The second-order valence-electron chi connectivity index (χ2n) is 5.64. The van der Waals surface area contributed by atoms with Crippen LogP contribution in [0, 0.1) is 11.7 Å². The van der Waals surface area contributed by atoms with E-state index in [1.807, 2.05) is 0 Å². The maximum absolute atomic E-state index is 13.6. The van der Waals surface area contributed by atoms with Gasteiger partial charge in [-0.2, -0.15) is 0 Å². The van der Waals surface area contributed by atoms with E-state index in [9.17, 15) is 4.39 Å². The van der Waals surface area contributed by atoms with Crippen LogP contribution >= 0.6 is 0 Å². The van der Waals surface area contributed by atoms with Gasteiger partial charge in [-0.3, -0.25) is 0 Å². The summed E-state index contributed by atoms with van der Waals surface area (Å²) in [6.45, 7) is 2.54. The van der Waals surface area contributed by atoms with Crippen molar-refractivity contribution in [3.63, 3.8) is 0 Å². The average molecular weight is 294 g/mol. The number of nitrogens with two attached hydrogens (primary N) is 1. The molecule has 2 rings (SSSR count). The van der Waals surface area contributed by atoms with Crippen molar-refractivity contribution in [3.05, 3.63) is 35.1 Å². The van der Waals surface area contributed by atoms with Crippen molar-refractivity contribution in [3.8, 4) is 0 Å². The van der Waals surface area contributed by atoms with Crippen LogP contribution in [0.4, 0.5) is 4.39 Å². The number of hydrogen-bond donors (Lipinski definition) is 2. The van der Waals surface area contributed by atoms with E-state index in [0.29, 0.717) is 23.7 Å². The summed E-state index contributed by atoms with van der Waals surface area (Å²) in [7, 11) is 0. The van der Waals surface area contributed by atoms with Gasteiger partial charge in [0.2, 0.25) is 0 Å². The fraction of sp³-hybridized carbons (Fsp3) is 0.562. The Morgan fingerprint density at radius 3 is 2.86 bits per heavy atom. The van der Waals surface area contributed by atoms with Gasteiger partial charge < -0.3 is 15.7 Å². The predicted octanol–water partition coefficient (Wildman–Crippen LogP) is 3.41. The second-order valence-corrected chi connectivity index (χ2v) is 5.64. The van der Waals surface area contributed by atoms with Gasteiger partial charge in [-0.15, -0.1) is 0 Å². The van der Waals surface area contributed by atoms with Gasteiger partial charge in [0.1, 0.15) is 5.82 Å². The molecule has 1 aromatic rings. The standard InChI is InChI=1S/C16H23FN2O2/c1-2-12-5-3-4-6-15(12)21-10-11-7-13(16(18)19-20)9-14(17)8-11/h7-9,12,15,20H,2-6,10H2,1H3,(H2,18,19). The number of amidine groups is 1. The molecule has 1 aromatic carbocycles. The number of benzene rings is 1. The van der Waals surface area contributed by atoms with Crippen LogP contribution in [0.5, 0.6) is 0 Å². The first-order valence-corrected chi connectivity index (χ1v) is 7.53. The summed E-state index contributed by atoms with van der Waals surface area (Å²) in [5.41, 5.74) is 6.58. The van der Waals surface area contributed by atoms with Gasteiger partial charge >= 0.3 is 0 Å². The number of nitrogens with zero attached hydrogens (tertiary/aromatic N) is 1. The largest absolute Gasteiger partial charge is 0.409 e. The molecule has 0 saturated heterocycles. The topological polar surface area (TPSA) is 67.8 Å². The third kappa shape index (κ3) is 4.17. The Labute approximate surface area is 124 Å². The maximum atomic E-state index is 13.6. The third-order valence-electron chi connectivity index (χ3n) is 4.19. The second kappa shape index (κ2) is 7.41. The van der Waals surface area contributed by atoms with Gasteiger partial charge in [0.25, 0.3) is 0 Å². The van der Waals surface area contributed by atoms with E-state index in [4.69, 9.17) is 15.7 Å². The molecule has 1 aliphatic rings. The monoisotopic (exact) mass is 294 g/mol. The van der Waals surface area contributed by atoms with Crippen molar-refractivity contribution in [2.24, 2.45) is 16.8 Å². The van der Waals surface area contributed by atoms with Crippen LogP contribution in [0.2, 0.25) is 0 Å². The van der Waals surface area contributed by atoms with E-state index in [0.717, 1.165) is 12.8 Å². The zero-order valence-electron chi connectivity index (χ0n) is 12.4. The quantitative estimate of drug-likeness (QED) is 0.378. The highest BCUT2D eigenvalue weighted by molar-refractivity contribution is 5.97. The van der Waals surface area contributed by atoms with Gasteiger partial charge in [-0.25, -0.2) is 4.39 Å². The molecule has 116 valence electrons. The Morgan fingerprint density at radius 1 is 1.38 bits per heavy atom. The predicted molar refractivity (Wildman–Crippen MR) is 79.7 cm³/mol. The number of rotatable bonds is 5. The van der Waals surface area contributed by atoms with Gasteiger partial charge in [0.15, 0.2) is 5.84 Å². The Hall–Kier alpha value is -1.62. The van der Waals surface area contributed by atoms with Gasteiger partial charge in [-0.05, 0) is 42.5 Å². The fourth-order valence-electron chi connectivity index (χ4n) is 3.00. The Morgan fingerprint density at radius 2 is 2.14 bits per heavy atom. The lowest BCUT2D eigenvalue weighted by molar-refractivity contribution is -0.0222. The smallest absolute Gasteiger partial charge is 0.170 e. The summed E-state index contributed by atoms with van der Waals surface area (Å²) in [6, 6.07) is 4.37. The molecule has 0 bridgehead atoms. The van der Waals surface area contributed by atoms with Crippen molar-refractivity contribution in [1.82, 2.24) is 0 Å². The third-order valence-corrected chi connectivity index (χ3v) is 4.19. The molecule has 21 heavy (non-hydrogen) atoms. The molecule has 0 aliphatic heterocycles. The molecular weight excluding hydrogens is 271 g/mol. The van der Waals surface area contributed by atoms with Crippen LogP contribution < -0.4 is 5.73 Å². The Balaban J connectivity index is 2.04. The van der Waals surface area contributed by atoms with Crippen LogP contribution in [-0.2, 0) is 11.3 Å². The molecule has 1 aliphatic carbocycles. The van der Waals surface area contributed by atoms with Crippen molar-refractivity contribution in [2.75, 3.05) is 0 Å². The molecule has 5 heteroatoms. The summed E-state index contributed by atoms with van der Waals surface area (Å²) >= 11 is 0. The molecule has 4 nitrogen and oxygen atoms in total. The van der Waals surface area contributed by atoms with Crippen molar-refractivity contribution in [2.45, 2.75) is 51.7 Å². The molecule has 0 aromatic heterocycles. The molecule has 2 atom stereocenters. The molecule has 0 spiro atoms. The van der Waals surface area contributed by atoms with E-state index in [1.165, 1.54) is 31.4 Å². The SMILES string of the molecule is CCC1CCCCC1OCc1cc(F)cc(/C(N)=N/O)c1. The van der Waals surface area contributed by atoms with Crippen LogP contribution in [0.15, 0.2) is 23.4 Å². The molecular formula is C16H23FN2O2. The molecule has 0 radical (unpaired) electrons. The minimum absolute atomic E-state index is 0.0974. The highest BCUT2D eigenvalue weighted by Gasteiger charge is 2.24. The minimum Gasteiger partial charge on any atom is -0.409 e. The Kier molecular flexibility index (Phi) is 5.56. The van der Waals surface area contributed by atoms with Gasteiger partial charge in [0.05, 0.1) is 12.7 Å². The fourth-order valence-corrected chi connectivity index (χ4v) is 3.00. The maximum Gasteiger partial charge on any atom is 0.170 e. The molecule has 3 N–H and O–H groups in total. The first-order valence-electron chi connectivity index (χ1n) is 7.53. The number of ether oxygens (including phenoxy) is 1. The number of hydrogen-bond acceptors (Lipinski definition) is 3. The van der Waals surface area contributed by atoms with Crippen LogP contribution in [0.25, 0.3) is 0 Å². The zero-order valence-corrected chi connectivity index (χ0v) is 12.4. The first kappa shape index (κ1) is 15.8. The zero-order chi connectivity index (χ0) is 15.2. The summed E-state index contributed by atoms with van der Waals surface area (Å²) in [4.78, 5) is 0. The molecule has 0 amide bonds. The van der Waals surface area contributed by atoms with Gasteiger partial charge in [-0.1, -0.05) is 31.3 Å². The van der Waals surface area contributed by atoms with Gasteiger partial charge in [0, 0.05) is 5.56 Å². The molecule has 1 saturated carbocycles. The van der Waals surface area contributed by atoms with Crippen LogP contribution in [0.1, 0.15) is 50.2 Å². The first-order chi connectivity index (χ1) is 10.1. The van der Waals surface area contributed by atoms with Crippen molar-refractivity contribution in [1.29, 1.82) is 0 Å². The highest BCUT2D eigenvalue weighted by atomic mass is 19.1. The average Bonchev–Trinajstić information content (AvgIpc) is 2.51. The van der Waals surface area contributed by atoms with Crippen LogP contribution in [0.3, 0.4) is 0 Å². The van der Waals surface area contributed by atoms with E-state index >= 15 is 0 Å². The molecule has 0 heterocycles. The lowest BCUT2D eigenvalue weighted by atomic mass is 9.85. The van der Waals surface area contributed by atoms with Crippen LogP contribution in [-0.4, -0.2) is 17.1 Å². The summed E-state index contributed by atoms with van der Waals surface area (Å²) in [5.74, 6) is 0.0871. The lowest BCUT2D eigenvalue weighted by Gasteiger charge is -2.30. The molecule has 2 unspecified atom stereocenters. The number of oxime groups is 1. The Bertz CT molecular complexity index is 505. The summed E-state index contributed by atoms with van der Waals surface area (Å²) in [6.07, 6.45) is 6.11. The normalized spacial score (nSPS) is 23.2. The number of halogens is 1. The molecule has 1 fully saturated rings. The summed E-state index contributed by atoms with van der Waals surface area (Å²) < 4.78 is 19.6.